The van der Waals surface area contributed by atoms with Crippen LogP contribution >= 0.6 is 0 Å². The molecule has 0 spiro atoms. The molecule has 1 saturated carbocycles. The van der Waals surface area contributed by atoms with Crippen LogP contribution in [0.4, 0.5) is 17.6 Å². The first-order chi connectivity index (χ1) is 9.67. The number of rotatable bonds is 5. The maximum Gasteiger partial charge on any atom is 0.223 e. The second-order valence-corrected chi connectivity index (χ2v) is 5.69. The zero-order chi connectivity index (χ0) is 14.1. The van der Waals surface area contributed by atoms with Crippen molar-refractivity contribution in [3.8, 4) is 0 Å². The minimum Gasteiger partial charge on any atom is -0.395 e. The van der Waals surface area contributed by atoms with Crippen molar-refractivity contribution in [2.45, 2.75) is 18.9 Å². The van der Waals surface area contributed by atoms with Gasteiger partial charge in [-0.05, 0) is 24.7 Å². The number of aromatic nitrogens is 2. The largest absolute Gasteiger partial charge is 0.395 e. The highest BCUT2D eigenvalue weighted by molar-refractivity contribution is 5.53. The molecule has 0 amide bonds. The van der Waals surface area contributed by atoms with Crippen LogP contribution in [-0.2, 0) is 0 Å². The Labute approximate surface area is 118 Å². The van der Waals surface area contributed by atoms with Gasteiger partial charge in [-0.1, -0.05) is 0 Å². The molecule has 1 aliphatic carbocycles. The van der Waals surface area contributed by atoms with Crippen LogP contribution in [0.3, 0.4) is 0 Å². The molecular formula is C13H22N6O. The molecule has 1 aliphatic heterocycles. The highest BCUT2D eigenvalue weighted by Gasteiger charge is 2.41. The third-order valence-corrected chi connectivity index (χ3v) is 4.11. The van der Waals surface area contributed by atoms with Crippen molar-refractivity contribution < 1.29 is 5.11 Å². The van der Waals surface area contributed by atoms with E-state index in [0.29, 0.717) is 18.3 Å². The van der Waals surface area contributed by atoms with Crippen molar-refractivity contribution in [1.29, 1.82) is 0 Å². The number of hydrogen-bond donors (Lipinski definition) is 4. The SMILES string of the molecule is Nc1nc(NCCO)cc(N2C[C@H](C3CC3)[C@@H](N)C2)n1. The molecule has 6 N–H and O–H groups in total. The predicted molar refractivity (Wildman–Crippen MR) is 78.4 cm³/mol. The summed E-state index contributed by atoms with van der Waals surface area (Å²) in [6.07, 6.45) is 2.61. The zero-order valence-electron chi connectivity index (χ0n) is 11.5. The molecule has 0 bridgehead atoms. The second-order valence-electron chi connectivity index (χ2n) is 5.69. The number of aliphatic hydroxyl groups excluding tert-OH is 1. The van der Waals surface area contributed by atoms with Crippen LogP contribution in [0.15, 0.2) is 6.07 Å². The second kappa shape index (κ2) is 5.41. The van der Waals surface area contributed by atoms with Crippen LogP contribution in [0.2, 0.25) is 0 Å². The molecule has 2 heterocycles. The van der Waals surface area contributed by atoms with Crippen molar-refractivity contribution in [2.75, 3.05) is 42.2 Å². The standard InChI is InChI=1S/C13H22N6O/c14-10-7-19(6-9(10)8-1-2-8)12-5-11(16-3-4-20)17-13(15)18-12/h5,8-10,20H,1-4,6-7,14H2,(H3,15,16,17,18)/t9-,10+/m1/s1. The van der Waals surface area contributed by atoms with E-state index in [1.54, 1.807) is 0 Å². The van der Waals surface area contributed by atoms with Gasteiger partial charge in [-0.2, -0.15) is 9.97 Å². The molecule has 7 nitrogen and oxygen atoms in total. The highest BCUT2D eigenvalue weighted by Crippen LogP contribution is 2.41. The third kappa shape index (κ3) is 2.78. The van der Waals surface area contributed by atoms with Gasteiger partial charge < -0.3 is 26.8 Å². The molecule has 1 aromatic rings. The van der Waals surface area contributed by atoms with Gasteiger partial charge in [0.05, 0.1) is 6.61 Å². The fourth-order valence-electron chi connectivity index (χ4n) is 2.95. The molecule has 1 saturated heterocycles. The minimum atomic E-state index is 0.0532. The molecule has 0 radical (unpaired) electrons. The summed E-state index contributed by atoms with van der Waals surface area (Å²) >= 11 is 0. The monoisotopic (exact) mass is 278 g/mol. The molecule has 20 heavy (non-hydrogen) atoms. The Morgan fingerprint density at radius 1 is 1.35 bits per heavy atom. The Balaban J connectivity index is 1.74. The average Bonchev–Trinajstić information content (AvgIpc) is 3.19. The van der Waals surface area contributed by atoms with Gasteiger partial charge in [-0.15, -0.1) is 0 Å². The maximum atomic E-state index is 8.85. The Morgan fingerprint density at radius 2 is 2.15 bits per heavy atom. The van der Waals surface area contributed by atoms with Crippen LogP contribution in [0.1, 0.15) is 12.8 Å². The lowest BCUT2D eigenvalue weighted by Crippen LogP contribution is -2.30. The molecule has 1 aromatic heterocycles. The molecule has 2 atom stereocenters. The van der Waals surface area contributed by atoms with Crippen LogP contribution in [0.25, 0.3) is 0 Å². The fourth-order valence-corrected chi connectivity index (χ4v) is 2.95. The summed E-state index contributed by atoms with van der Waals surface area (Å²) in [4.78, 5) is 10.6. The number of nitrogens with two attached hydrogens (primary N) is 2. The van der Waals surface area contributed by atoms with Crippen LogP contribution < -0.4 is 21.7 Å². The summed E-state index contributed by atoms with van der Waals surface area (Å²) in [5, 5.41) is 11.9. The normalized spacial score (nSPS) is 26.0. The van der Waals surface area contributed by atoms with Gasteiger partial charge in [-0.3, -0.25) is 0 Å². The smallest absolute Gasteiger partial charge is 0.223 e. The van der Waals surface area contributed by atoms with Gasteiger partial charge >= 0.3 is 0 Å². The van der Waals surface area contributed by atoms with E-state index >= 15 is 0 Å². The van der Waals surface area contributed by atoms with Gasteiger partial charge in [0.2, 0.25) is 5.95 Å². The molecule has 0 unspecified atom stereocenters. The Kier molecular flexibility index (Phi) is 3.62. The number of hydrogen-bond acceptors (Lipinski definition) is 7. The molecule has 2 aliphatic rings. The van der Waals surface area contributed by atoms with E-state index < -0.39 is 0 Å². The van der Waals surface area contributed by atoms with Crippen LogP contribution in [-0.4, -0.2) is 47.4 Å². The molecule has 110 valence electrons. The highest BCUT2D eigenvalue weighted by atomic mass is 16.3. The lowest BCUT2D eigenvalue weighted by Gasteiger charge is -2.18. The minimum absolute atomic E-state index is 0.0532. The molecule has 7 heteroatoms. The van der Waals surface area contributed by atoms with Crippen LogP contribution in [0, 0.1) is 11.8 Å². The van der Waals surface area contributed by atoms with E-state index in [0.717, 1.165) is 24.8 Å². The quantitative estimate of drug-likeness (QED) is 0.581. The van der Waals surface area contributed by atoms with Gasteiger partial charge in [-0.25, -0.2) is 0 Å². The lowest BCUT2D eigenvalue weighted by atomic mass is 9.99. The summed E-state index contributed by atoms with van der Waals surface area (Å²) in [5.74, 6) is 3.06. The summed E-state index contributed by atoms with van der Waals surface area (Å²) < 4.78 is 0. The van der Waals surface area contributed by atoms with Crippen molar-refractivity contribution in [2.24, 2.45) is 17.6 Å². The van der Waals surface area contributed by atoms with E-state index in [1.807, 2.05) is 6.07 Å². The number of aliphatic hydroxyl groups is 1. The van der Waals surface area contributed by atoms with E-state index in [9.17, 15) is 0 Å². The Bertz CT molecular complexity index is 478. The summed E-state index contributed by atoms with van der Waals surface area (Å²) in [6, 6.07) is 2.08. The van der Waals surface area contributed by atoms with Crippen LogP contribution in [0.5, 0.6) is 0 Å². The predicted octanol–water partition coefficient (Wildman–Crippen LogP) is -0.363. The lowest BCUT2D eigenvalue weighted by molar-refractivity contribution is 0.311. The van der Waals surface area contributed by atoms with Crippen molar-refractivity contribution in [3.05, 3.63) is 6.07 Å². The van der Waals surface area contributed by atoms with Gasteiger partial charge in [0, 0.05) is 31.7 Å². The summed E-state index contributed by atoms with van der Waals surface area (Å²) in [7, 11) is 0. The Morgan fingerprint density at radius 3 is 2.85 bits per heavy atom. The molecule has 3 rings (SSSR count). The molecule has 0 aromatic carbocycles. The summed E-state index contributed by atoms with van der Waals surface area (Å²) in [5.41, 5.74) is 12.0. The van der Waals surface area contributed by atoms with E-state index in [1.165, 1.54) is 12.8 Å². The number of nitrogens with one attached hydrogen (secondary N) is 1. The number of nitrogens with zero attached hydrogens (tertiary/aromatic N) is 3. The van der Waals surface area contributed by atoms with Gasteiger partial charge in [0.1, 0.15) is 11.6 Å². The Hall–Kier alpha value is -1.60. The van der Waals surface area contributed by atoms with Gasteiger partial charge in [0.15, 0.2) is 0 Å². The zero-order valence-corrected chi connectivity index (χ0v) is 11.5. The van der Waals surface area contributed by atoms with Crippen molar-refractivity contribution >= 4 is 17.6 Å². The van der Waals surface area contributed by atoms with E-state index in [-0.39, 0.29) is 18.6 Å². The molecular weight excluding hydrogens is 256 g/mol. The topological polar surface area (TPSA) is 113 Å². The maximum absolute atomic E-state index is 8.85. The first-order valence-electron chi connectivity index (χ1n) is 7.17. The fraction of sp³-hybridized carbons (Fsp3) is 0.692. The van der Waals surface area contributed by atoms with E-state index in [2.05, 4.69) is 20.2 Å². The number of anilines is 3. The first-order valence-corrected chi connectivity index (χ1v) is 7.17. The van der Waals surface area contributed by atoms with Crippen molar-refractivity contribution in [3.63, 3.8) is 0 Å². The first kappa shape index (κ1) is 13.4. The van der Waals surface area contributed by atoms with E-state index in [4.69, 9.17) is 16.6 Å². The van der Waals surface area contributed by atoms with Gasteiger partial charge in [0.25, 0.3) is 0 Å². The average molecular weight is 278 g/mol. The number of nitrogen functional groups attached to an aromatic ring is 1. The summed E-state index contributed by atoms with van der Waals surface area (Å²) in [6.45, 7) is 2.26. The van der Waals surface area contributed by atoms with Crippen molar-refractivity contribution in [1.82, 2.24) is 9.97 Å². The third-order valence-electron chi connectivity index (χ3n) is 4.11. The molecule has 2 fully saturated rings.